The molecule has 5 heteroatoms. The van der Waals surface area contributed by atoms with Crippen molar-refractivity contribution in [3.8, 4) is 5.75 Å². The van der Waals surface area contributed by atoms with Crippen LogP contribution in [0.15, 0.2) is 72.8 Å². The van der Waals surface area contributed by atoms with E-state index in [1.54, 1.807) is 13.2 Å². The van der Waals surface area contributed by atoms with Crippen LogP contribution in [0, 0.1) is 11.7 Å². The van der Waals surface area contributed by atoms with Gasteiger partial charge in [-0.25, -0.2) is 15.2 Å². The lowest BCUT2D eigenvalue weighted by Crippen LogP contribution is -2.39. The van der Waals surface area contributed by atoms with Gasteiger partial charge >= 0.3 is 0 Å². The molecule has 2 aliphatic heterocycles. The molecule has 0 amide bonds. The number of fused-ring (bicyclic) bond motifs is 3. The molecule has 0 aromatic heterocycles. The predicted molar refractivity (Wildman–Crippen MR) is 112 cm³/mol. The van der Waals surface area contributed by atoms with Gasteiger partial charge in [0.15, 0.2) is 0 Å². The van der Waals surface area contributed by atoms with Crippen molar-refractivity contribution in [3.63, 3.8) is 0 Å². The molecule has 3 aromatic carbocycles. The fourth-order valence-electron chi connectivity index (χ4n) is 4.63. The monoisotopic (exact) mass is 389 g/mol. The molecule has 29 heavy (non-hydrogen) atoms. The van der Waals surface area contributed by atoms with Crippen LogP contribution >= 0.6 is 0 Å². The second-order valence-electron chi connectivity index (χ2n) is 7.72. The van der Waals surface area contributed by atoms with Crippen molar-refractivity contribution in [3.05, 3.63) is 95.3 Å². The molecule has 1 saturated heterocycles. The minimum absolute atomic E-state index is 0.160. The highest BCUT2D eigenvalue weighted by Gasteiger charge is 2.43. The number of hydrogen-bond acceptors (Lipinski definition) is 4. The van der Waals surface area contributed by atoms with Crippen molar-refractivity contribution >= 4 is 5.69 Å². The van der Waals surface area contributed by atoms with Crippen LogP contribution in [0.5, 0.6) is 5.75 Å². The highest BCUT2D eigenvalue weighted by Crippen LogP contribution is 2.46. The van der Waals surface area contributed by atoms with Crippen molar-refractivity contribution in [2.75, 3.05) is 18.6 Å². The Bertz CT molecular complexity index is 1010. The molecule has 0 aliphatic carbocycles. The number of halogens is 1. The molecule has 2 N–H and O–H groups in total. The first kappa shape index (κ1) is 18.2. The summed E-state index contributed by atoms with van der Waals surface area (Å²) in [4.78, 5) is 2.29. The van der Waals surface area contributed by atoms with E-state index in [4.69, 9.17) is 4.74 Å². The molecule has 0 spiro atoms. The van der Waals surface area contributed by atoms with Crippen LogP contribution in [-0.2, 0) is 6.54 Å². The predicted octanol–water partition coefficient (Wildman–Crippen LogP) is 4.36. The molecule has 3 aromatic rings. The molecule has 0 radical (unpaired) electrons. The van der Waals surface area contributed by atoms with Crippen molar-refractivity contribution in [1.82, 2.24) is 10.9 Å². The van der Waals surface area contributed by atoms with Crippen molar-refractivity contribution in [2.24, 2.45) is 5.92 Å². The lowest BCUT2D eigenvalue weighted by atomic mass is 9.82. The Hall–Kier alpha value is -2.89. The Balaban J connectivity index is 1.54. The summed E-state index contributed by atoms with van der Waals surface area (Å²) in [5.41, 5.74) is 11.3. The summed E-state index contributed by atoms with van der Waals surface area (Å²) in [6.45, 7) is 1.37. The number of nitrogens with one attached hydrogen (secondary N) is 2. The molecule has 148 valence electrons. The summed E-state index contributed by atoms with van der Waals surface area (Å²) in [7, 11) is 1.69. The van der Waals surface area contributed by atoms with E-state index in [1.807, 2.05) is 24.3 Å². The van der Waals surface area contributed by atoms with Gasteiger partial charge in [-0.15, -0.1) is 0 Å². The molecular formula is C24H24FN3O. The maximum absolute atomic E-state index is 14.4. The number of benzene rings is 3. The maximum Gasteiger partial charge on any atom is 0.128 e. The fourth-order valence-corrected chi connectivity index (χ4v) is 4.63. The normalized spacial score (nSPS) is 22.8. The number of hydrogen-bond donors (Lipinski definition) is 2. The summed E-state index contributed by atoms with van der Waals surface area (Å²) >= 11 is 0. The average molecular weight is 389 g/mol. The summed E-state index contributed by atoms with van der Waals surface area (Å²) in [6, 6.07) is 24.0. The van der Waals surface area contributed by atoms with E-state index in [0.29, 0.717) is 18.0 Å². The van der Waals surface area contributed by atoms with Gasteiger partial charge in [0, 0.05) is 30.3 Å². The SMILES string of the molecule is COc1ccc2c(c1)C1NNC(c3ccccc3)C1CN2Cc1ccccc1F. The van der Waals surface area contributed by atoms with Crippen molar-refractivity contribution in [1.29, 1.82) is 0 Å². The van der Waals surface area contributed by atoms with E-state index in [0.717, 1.165) is 18.0 Å². The van der Waals surface area contributed by atoms with E-state index in [1.165, 1.54) is 17.2 Å². The van der Waals surface area contributed by atoms with Gasteiger partial charge in [-0.05, 0) is 35.4 Å². The Morgan fingerprint density at radius 3 is 2.52 bits per heavy atom. The molecule has 4 nitrogen and oxygen atoms in total. The molecule has 3 atom stereocenters. The van der Waals surface area contributed by atoms with Gasteiger partial charge < -0.3 is 9.64 Å². The Labute approximate surface area is 170 Å². The second-order valence-corrected chi connectivity index (χ2v) is 7.72. The Morgan fingerprint density at radius 2 is 1.72 bits per heavy atom. The van der Waals surface area contributed by atoms with Gasteiger partial charge in [-0.1, -0.05) is 48.5 Å². The number of hydrazine groups is 1. The number of ether oxygens (including phenoxy) is 1. The lowest BCUT2D eigenvalue weighted by molar-refractivity contribution is 0.392. The molecule has 0 bridgehead atoms. The molecule has 5 rings (SSSR count). The summed E-state index contributed by atoms with van der Waals surface area (Å²) in [5.74, 6) is 0.982. The van der Waals surface area contributed by atoms with Crippen LogP contribution in [0.2, 0.25) is 0 Å². The highest BCUT2D eigenvalue weighted by atomic mass is 19.1. The van der Waals surface area contributed by atoms with Crippen molar-refractivity contribution < 1.29 is 9.13 Å². The van der Waals surface area contributed by atoms with Crippen LogP contribution in [0.4, 0.5) is 10.1 Å². The Morgan fingerprint density at radius 1 is 0.966 bits per heavy atom. The molecule has 1 fully saturated rings. The maximum atomic E-state index is 14.4. The number of methoxy groups -OCH3 is 1. The quantitative estimate of drug-likeness (QED) is 0.695. The van der Waals surface area contributed by atoms with Crippen LogP contribution in [0.25, 0.3) is 0 Å². The minimum atomic E-state index is -0.160. The summed E-state index contributed by atoms with van der Waals surface area (Å²) in [5, 5.41) is 0. The van der Waals surface area contributed by atoms with Gasteiger partial charge in [-0.2, -0.15) is 0 Å². The molecule has 3 unspecified atom stereocenters. The van der Waals surface area contributed by atoms with Gasteiger partial charge in [0.2, 0.25) is 0 Å². The number of rotatable bonds is 4. The van der Waals surface area contributed by atoms with Crippen LogP contribution in [0.1, 0.15) is 28.8 Å². The zero-order valence-electron chi connectivity index (χ0n) is 16.3. The second kappa shape index (κ2) is 7.50. The molecule has 2 heterocycles. The van der Waals surface area contributed by atoms with E-state index in [2.05, 4.69) is 52.1 Å². The molecule has 2 aliphatic rings. The third kappa shape index (κ3) is 3.26. The third-order valence-electron chi connectivity index (χ3n) is 6.07. The number of anilines is 1. The van der Waals surface area contributed by atoms with Crippen molar-refractivity contribution in [2.45, 2.75) is 18.6 Å². The van der Waals surface area contributed by atoms with Gasteiger partial charge in [0.05, 0.1) is 19.2 Å². The lowest BCUT2D eigenvalue weighted by Gasteiger charge is -2.39. The largest absolute Gasteiger partial charge is 0.497 e. The van der Waals surface area contributed by atoms with Crippen LogP contribution in [-0.4, -0.2) is 13.7 Å². The standard InChI is InChI=1S/C24H24FN3O/c1-29-18-11-12-22-19(13-18)24-20(23(26-27-24)16-7-3-2-4-8-16)15-28(22)14-17-9-5-6-10-21(17)25/h2-13,20,23-24,26-27H,14-15H2,1H3. The average Bonchev–Trinajstić information content (AvgIpc) is 3.19. The van der Waals surface area contributed by atoms with Gasteiger partial charge in [0.1, 0.15) is 11.6 Å². The molecular weight excluding hydrogens is 365 g/mol. The van der Waals surface area contributed by atoms with Gasteiger partial charge in [0.25, 0.3) is 0 Å². The van der Waals surface area contributed by atoms with E-state index < -0.39 is 0 Å². The van der Waals surface area contributed by atoms with E-state index >= 15 is 0 Å². The first-order valence-electron chi connectivity index (χ1n) is 9.97. The van der Waals surface area contributed by atoms with E-state index in [-0.39, 0.29) is 17.9 Å². The number of nitrogens with zero attached hydrogens (tertiary/aromatic N) is 1. The summed E-state index contributed by atoms with van der Waals surface area (Å²) < 4.78 is 19.9. The topological polar surface area (TPSA) is 36.5 Å². The smallest absolute Gasteiger partial charge is 0.128 e. The zero-order valence-corrected chi connectivity index (χ0v) is 16.3. The first-order chi connectivity index (χ1) is 14.2. The van der Waals surface area contributed by atoms with Gasteiger partial charge in [-0.3, -0.25) is 0 Å². The minimum Gasteiger partial charge on any atom is -0.497 e. The molecule has 0 saturated carbocycles. The zero-order chi connectivity index (χ0) is 19.8. The summed E-state index contributed by atoms with van der Waals surface area (Å²) in [6.07, 6.45) is 0. The third-order valence-corrected chi connectivity index (χ3v) is 6.07. The fraction of sp³-hybridized carbons (Fsp3) is 0.250. The Kier molecular flexibility index (Phi) is 4.70. The highest BCUT2D eigenvalue weighted by molar-refractivity contribution is 5.61. The van der Waals surface area contributed by atoms with Crippen LogP contribution < -0.4 is 20.5 Å². The van der Waals surface area contributed by atoms with E-state index in [9.17, 15) is 4.39 Å². The first-order valence-corrected chi connectivity index (χ1v) is 9.97. The van der Waals surface area contributed by atoms with Crippen LogP contribution in [0.3, 0.4) is 0 Å².